The summed E-state index contributed by atoms with van der Waals surface area (Å²) in [6.07, 6.45) is 2.14. The molecule has 5 heteroatoms. The zero-order valence-corrected chi connectivity index (χ0v) is 7.41. The smallest absolute Gasteiger partial charge is 0.227 e. The molecule has 13 heavy (non-hydrogen) atoms. The van der Waals surface area contributed by atoms with E-state index in [9.17, 15) is 0 Å². The summed E-state index contributed by atoms with van der Waals surface area (Å²) in [5.41, 5.74) is 5.36. The van der Waals surface area contributed by atoms with Crippen molar-refractivity contribution in [1.82, 2.24) is 15.0 Å². The van der Waals surface area contributed by atoms with Crippen molar-refractivity contribution in [3.05, 3.63) is 6.33 Å². The lowest BCUT2D eigenvalue weighted by atomic mass is 10.4. The van der Waals surface area contributed by atoms with Gasteiger partial charge in [0.05, 0.1) is 0 Å². The summed E-state index contributed by atoms with van der Waals surface area (Å²) in [7, 11) is 0. The molecule has 0 aliphatic carbocycles. The van der Waals surface area contributed by atoms with E-state index >= 15 is 0 Å². The van der Waals surface area contributed by atoms with E-state index in [0.29, 0.717) is 12.5 Å². The van der Waals surface area contributed by atoms with Crippen LogP contribution in [0.15, 0.2) is 6.33 Å². The van der Waals surface area contributed by atoms with Crippen LogP contribution in [0.1, 0.15) is 13.3 Å². The number of nitrogen functional groups attached to an aromatic ring is 1. The zero-order valence-electron chi connectivity index (χ0n) is 7.41. The fraction of sp³-hybridized carbons (Fsp3) is 0.375. The first-order valence-corrected chi connectivity index (χ1v) is 3.91. The molecule has 1 rings (SSSR count). The summed E-state index contributed by atoms with van der Waals surface area (Å²) in [6, 6.07) is 0. The Balaban J connectivity index is 2.39. The van der Waals surface area contributed by atoms with Crippen molar-refractivity contribution < 1.29 is 0 Å². The molecule has 0 radical (unpaired) electrons. The Morgan fingerprint density at radius 3 is 3.08 bits per heavy atom. The molecular weight excluding hydrogens is 166 g/mol. The van der Waals surface area contributed by atoms with Gasteiger partial charge >= 0.3 is 0 Å². The topological polar surface area (TPSA) is 76.7 Å². The maximum Gasteiger partial charge on any atom is 0.227 e. The van der Waals surface area contributed by atoms with Crippen LogP contribution in [0, 0.1) is 11.8 Å². The predicted molar refractivity (Wildman–Crippen MR) is 50.8 cm³/mol. The molecule has 0 aliphatic rings. The van der Waals surface area contributed by atoms with Crippen LogP contribution >= 0.6 is 0 Å². The van der Waals surface area contributed by atoms with E-state index in [1.54, 1.807) is 6.92 Å². The molecule has 0 aromatic carbocycles. The van der Waals surface area contributed by atoms with Gasteiger partial charge in [-0.15, -0.1) is 11.8 Å². The summed E-state index contributed by atoms with van der Waals surface area (Å²) < 4.78 is 0. The lowest BCUT2D eigenvalue weighted by Crippen LogP contribution is -2.06. The Morgan fingerprint density at radius 2 is 2.38 bits per heavy atom. The van der Waals surface area contributed by atoms with Crippen molar-refractivity contribution in [3.8, 4) is 11.8 Å². The summed E-state index contributed by atoms with van der Waals surface area (Å²) in [4.78, 5) is 11.4. The lowest BCUT2D eigenvalue weighted by molar-refractivity contribution is 1.00. The van der Waals surface area contributed by atoms with Gasteiger partial charge in [-0.25, -0.2) is 9.97 Å². The van der Waals surface area contributed by atoms with Crippen molar-refractivity contribution >= 4 is 11.9 Å². The third kappa shape index (κ3) is 3.38. The van der Waals surface area contributed by atoms with Crippen LogP contribution in [-0.4, -0.2) is 21.5 Å². The van der Waals surface area contributed by atoms with Crippen LogP contribution < -0.4 is 11.1 Å². The van der Waals surface area contributed by atoms with E-state index in [1.165, 1.54) is 6.33 Å². The van der Waals surface area contributed by atoms with Gasteiger partial charge in [0.25, 0.3) is 0 Å². The van der Waals surface area contributed by atoms with Crippen molar-refractivity contribution in [3.63, 3.8) is 0 Å². The van der Waals surface area contributed by atoms with Gasteiger partial charge in [0.1, 0.15) is 6.33 Å². The standard InChI is InChI=1S/C8H11N5/c1-2-3-4-5-10-8-12-6-11-7(9)13-8/h6H,4-5H2,1H3,(H3,9,10,11,12,13). The van der Waals surface area contributed by atoms with Gasteiger partial charge in [-0.1, -0.05) is 0 Å². The van der Waals surface area contributed by atoms with Gasteiger partial charge in [0, 0.05) is 13.0 Å². The predicted octanol–water partition coefficient (Wildman–Crippen LogP) is 0.279. The first-order valence-electron chi connectivity index (χ1n) is 3.91. The minimum Gasteiger partial charge on any atom is -0.368 e. The molecule has 0 atom stereocenters. The second-order valence-electron chi connectivity index (χ2n) is 2.27. The van der Waals surface area contributed by atoms with Crippen molar-refractivity contribution in [1.29, 1.82) is 0 Å². The normalized spacial score (nSPS) is 8.69. The zero-order chi connectivity index (χ0) is 9.52. The number of nitrogens with two attached hydrogens (primary N) is 1. The van der Waals surface area contributed by atoms with Gasteiger partial charge in [-0.2, -0.15) is 4.98 Å². The molecule has 0 saturated heterocycles. The highest BCUT2D eigenvalue weighted by atomic mass is 15.2. The van der Waals surface area contributed by atoms with Crippen LogP contribution in [0.3, 0.4) is 0 Å². The van der Waals surface area contributed by atoms with Crippen molar-refractivity contribution in [2.45, 2.75) is 13.3 Å². The number of hydrogen-bond acceptors (Lipinski definition) is 5. The molecule has 0 fully saturated rings. The van der Waals surface area contributed by atoms with Gasteiger partial charge in [0.15, 0.2) is 0 Å². The molecule has 5 nitrogen and oxygen atoms in total. The minimum atomic E-state index is 0.221. The van der Waals surface area contributed by atoms with E-state index < -0.39 is 0 Å². The van der Waals surface area contributed by atoms with E-state index in [1.807, 2.05) is 0 Å². The van der Waals surface area contributed by atoms with Crippen LogP contribution in [0.2, 0.25) is 0 Å². The summed E-state index contributed by atoms with van der Waals surface area (Å²) in [5.74, 6) is 6.43. The quantitative estimate of drug-likeness (QED) is 0.512. The first kappa shape index (κ1) is 9.26. The van der Waals surface area contributed by atoms with Crippen LogP contribution in [0.4, 0.5) is 11.9 Å². The SMILES string of the molecule is CC#CCCNc1ncnc(N)n1. The lowest BCUT2D eigenvalue weighted by Gasteiger charge is -2.00. The second-order valence-corrected chi connectivity index (χ2v) is 2.27. The number of aromatic nitrogens is 3. The summed E-state index contributed by atoms with van der Waals surface area (Å²) in [6.45, 7) is 2.52. The molecule has 1 aromatic heterocycles. The highest BCUT2D eigenvalue weighted by molar-refractivity contribution is 5.28. The monoisotopic (exact) mass is 177 g/mol. The highest BCUT2D eigenvalue weighted by Crippen LogP contribution is 1.96. The van der Waals surface area contributed by atoms with E-state index in [2.05, 4.69) is 32.1 Å². The van der Waals surface area contributed by atoms with Gasteiger partial charge in [0.2, 0.25) is 11.9 Å². The Bertz CT molecular complexity index is 325. The van der Waals surface area contributed by atoms with Crippen molar-refractivity contribution in [2.75, 3.05) is 17.6 Å². The summed E-state index contributed by atoms with van der Waals surface area (Å²) >= 11 is 0. The highest BCUT2D eigenvalue weighted by Gasteiger charge is 1.94. The van der Waals surface area contributed by atoms with Crippen molar-refractivity contribution in [2.24, 2.45) is 0 Å². The molecule has 3 N–H and O–H groups in total. The van der Waals surface area contributed by atoms with E-state index in [4.69, 9.17) is 5.73 Å². The number of nitrogens with zero attached hydrogens (tertiary/aromatic N) is 3. The molecule has 0 amide bonds. The minimum absolute atomic E-state index is 0.221. The largest absolute Gasteiger partial charge is 0.368 e. The molecule has 0 spiro atoms. The Labute approximate surface area is 76.8 Å². The number of hydrogen-bond donors (Lipinski definition) is 2. The van der Waals surface area contributed by atoms with Gasteiger partial charge in [-0.3, -0.25) is 0 Å². The number of nitrogens with one attached hydrogen (secondary N) is 1. The van der Waals surface area contributed by atoms with Crippen LogP contribution in [0.5, 0.6) is 0 Å². The van der Waals surface area contributed by atoms with Crippen LogP contribution in [-0.2, 0) is 0 Å². The molecule has 0 bridgehead atoms. The second kappa shape index (κ2) is 4.93. The first-order chi connectivity index (χ1) is 6.33. The maximum absolute atomic E-state index is 5.36. The molecule has 1 aromatic rings. The molecule has 0 unspecified atom stereocenters. The molecule has 0 saturated carbocycles. The van der Waals surface area contributed by atoms with Crippen LogP contribution in [0.25, 0.3) is 0 Å². The number of anilines is 2. The Morgan fingerprint density at radius 1 is 1.54 bits per heavy atom. The summed E-state index contributed by atoms with van der Waals surface area (Å²) in [5, 5.41) is 2.98. The third-order valence-corrected chi connectivity index (χ3v) is 1.30. The van der Waals surface area contributed by atoms with Gasteiger partial charge < -0.3 is 11.1 Å². The Hall–Kier alpha value is -1.83. The average molecular weight is 177 g/mol. The molecule has 0 aliphatic heterocycles. The fourth-order valence-corrected chi connectivity index (χ4v) is 0.756. The van der Waals surface area contributed by atoms with E-state index in [0.717, 1.165) is 6.42 Å². The molecular formula is C8H11N5. The molecule has 68 valence electrons. The molecule has 1 heterocycles. The van der Waals surface area contributed by atoms with Gasteiger partial charge in [-0.05, 0) is 6.92 Å². The number of rotatable bonds is 3. The Kier molecular flexibility index (Phi) is 3.51. The maximum atomic E-state index is 5.36. The third-order valence-electron chi connectivity index (χ3n) is 1.30. The average Bonchev–Trinajstić information content (AvgIpc) is 2.13. The fourth-order valence-electron chi connectivity index (χ4n) is 0.756. The van der Waals surface area contributed by atoms with E-state index in [-0.39, 0.29) is 5.95 Å².